The monoisotopic (exact) mass is 570 g/mol. The third kappa shape index (κ3) is 5.23. The Bertz CT molecular complexity index is 1570. The third-order valence-electron chi connectivity index (χ3n) is 7.72. The Kier molecular flexibility index (Phi) is 7.34. The molecular formula is C31H30N4O5S. The summed E-state index contributed by atoms with van der Waals surface area (Å²) in [7, 11) is 0. The van der Waals surface area contributed by atoms with Gasteiger partial charge in [-0.15, -0.1) is 11.3 Å². The van der Waals surface area contributed by atoms with Crippen LogP contribution < -0.4 is 5.32 Å². The SMILES string of the molecule is C[C@H]1[C@@H]2N(C(=O)NCc3ccccc3)OCC(=O)N2[C@@H](Cc2ccc(O)cc2)C(=O)N1Cc1csc2ccccc12. The van der Waals surface area contributed by atoms with Crippen LogP contribution in [0, 0.1) is 0 Å². The summed E-state index contributed by atoms with van der Waals surface area (Å²) in [5.74, 6) is -0.436. The predicted molar refractivity (Wildman–Crippen MR) is 155 cm³/mol. The first kappa shape index (κ1) is 26.8. The second-order valence-corrected chi connectivity index (χ2v) is 11.2. The van der Waals surface area contributed by atoms with Crippen molar-refractivity contribution in [2.75, 3.05) is 6.61 Å². The van der Waals surface area contributed by atoms with Gasteiger partial charge in [-0.2, -0.15) is 5.06 Å². The fourth-order valence-corrected chi connectivity index (χ4v) is 6.58. The second-order valence-electron chi connectivity index (χ2n) is 10.3. The van der Waals surface area contributed by atoms with Gasteiger partial charge < -0.3 is 20.2 Å². The van der Waals surface area contributed by atoms with Crippen LogP contribution in [-0.2, 0) is 33.9 Å². The van der Waals surface area contributed by atoms with E-state index in [1.54, 1.807) is 40.5 Å². The minimum atomic E-state index is -0.855. The molecule has 0 radical (unpaired) electrons. The summed E-state index contributed by atoms with van der Waals surface area (Å²) in [6, 6.07) is 22.3. The molecule has 0 spiro atoms. The quantitative estimate of drug-likeness (QED) is 0.361. The van der Waals surface area contributed by atoms with Crippen molar-refractivity contribution in [1.82, 2.24) is 20.2 Å². The molecule has 4 amide bonds. The van der Waals surface area contributed by atoms with Crippen LogP contribution in [0.25, 0.3) is 10.1 Å². The molecule has 2 aliphatic heterocycles. The minimum absolute atomic E-state index is 0.116. The van der Waals surface area contributed by atoms with Crippen molar-refractivity contribution in [3.05, 3.63) is 101 Å². The Morgan fingerprint density at radius 2 is 1.73 bits per heavy atom. The first-order valence-electron chi connectivity index (χ1n) is 13.5. The van der Waals surface area contributed by atoms with E-state index >= 15 is 0 Å². The molecule has 6 rings (SSSR count). The topological polar surface area (TPSA) is 102 Å². The summed E-state index contributed by atoms with van der Waals surface area (Å²) >= 11 is 1.62. The molecule has 210 valence electrons. The van der Waals surface area contributed by atoms with Gasteiger partial charge >= 0.3 is 6.03 Å². The molecule has 3 aromatic carbocycles. The van der Waals surface area contributed by atoms with Gasteiger partial charge in [-0.3, -0.25) is 14.4 Å². The van der Waals surface area contributed by atoms with Crippen LogP contribution in [0.15, 0.2) is 84.2 Å². The molecule has 3 heterocycles. The Labute approximate surface area is 241 Å². The number of carbonyl (C=O) groups excluding carboxylic acids is 3. The van der Waals surface area contributed by atoms with E-state index in [2.05, 4.69) is 10.7 Å². The van der Waals surface area contributed by atoms with Crippen LogP contribution in [0.3, 0.4) is 0 Å². The highest BCUT2D eigenvalue weighted by Gasteiger charge is 2.53. The van der Waals surface area contributed by atoms with Gasteiger partial charge in [0, 0.05) is 24.2 Å². The number of aromatic hydroxyl groups is 1. The van der Waals surface area contributed by atoms with E-state index in [4.69, 9.17) is 4.84 Å². The first-order valence-corrected chi connectivity index (χ1v) is 14.4. The largest absolute Gasteiger partial charge is 0.508 e. The average Bonchev–Trinajstić information content (AvgIpc) is 3.40. The predicted octanol–water partition coefficient (Wildman–Crippen LogP) is 4.26. The Hall–Kier alpha value is -4.41. The summed E-state index contributed by atoms with van der Waals surface area (Å²) in [6.07, 6.45) is -0.606. The molecule has 1 aromatic heterocycles. The molecule has 3 atom stereocenters. The number of nitrogens with one attached hydrogen (secondary N) is 1. The molecule has 0 unspecified atom stereocenters. The van der Waals surface area contributed by atoms with Crippen LogP contribution in [0.4, 0.5) is 4.79 Å². The molecule has 0 aliphatic carbocycles. The molecule has 4 aromatic rings. The lowest BCUT2D eigenvalue weighted by molar-refractivity contribution is -0.245. The minimum Gasteiger partial charge on any atom is -0.508 e. The number of urea groups is 1. The van der Waals surface area contributed by atoms with Crippen LogP contribution >= 0.6 is 11.3 Å². The number of nitrogens with zero attached hydrogens (tertiary/aromatic N) is 3. The van der Waals surface area contributed by atoms with E-state index in [-0.39, 0.29) is 37.1 Å². The highest BCUT2D eigenvalue weighted by molar-refractivity contribution is 7.17. The number of carbonyl (C=O) groups is 3. The fraction of sp³-hybridized carbons (Fsp3) is 0.258. The van der Waals surface area contributed by atoms with Crippen LogP contribution in [0.5, 0.6) is 5.75 Å². The van der Waals surface area contributed by atoms with E-state index in [1.807, 2.05) is 61.5 Å². The van der Waals surface area contributed by atoms with Crippen molar-refractivity contribution in [1.29, 1.82) is 0 Å². The van der Waals surface area contributed by atoms with Crippen LogP contribution in [0.1, 0.15) is 23.6 Å². The van der Waals surface area contributed by atoms with Crippen molar-refractivity contribution >= 4 is 39.3 Å². The van der Waals surface area contributed by atoms with Crippen molar-refractivity contribution in [2.45, 2.75) is 44.7 Å². The lowest BCUT2D eigenvalue weighted by Crippen LogP contribution is -2.75. The smallest absolute Gasteiger partial charge is 0.343 e. The Morgan fingerprint density at radius 3 is 2.51 bits per heavy atom. The Balaban J connectivity index is 1.34. The molecule has 2 N–H and O–H groups in total. The summed E-state index contributed by atoms with van der Waals surface area (Å²) in [5, 5.41) is 17.0. The van der Waals surface area contributed by atoms with Crippen molar-refractivity contribution in [3.8, 4) is 5.75 Å². The third-order valence-corrected chi connectivity index (χ3v) is 8.73. The van der Waals surface area contributed by atoms with Gasteiger partial charge in [0.15, 0.2) is 12.8 Å². The maximum atomic E-state index is 14.2. The second kappa shape index (κ2) is 11.2. The van der Waals surface area contributed by atoms with Gasteiger partial charge in [0.05, 0.1) is 6.04 Å². The number of hydrogen-bond donors (Lipinski definition) is 2. The number of benzene rings is 3. The molecule has 41 heavy (non-hydrogen) atoms. The zero-order valence-electron chi connectivity index (χ0n) is 22.5. The van der Waals surface area contributed by atoms with Gasteiger partial charge in [-0.05, 0) is 52.6 Å². The molecule has 2 saturated heterocycles. The summed E-state index contributed by atoms with van der Waals surface area (Å²) in [6.45, 7) is 2.11. The molecule has 9 nitrogen and oxygen atoms in total. The lowest BCUT2D eigenvalue weighted by Gasteiger charge is -2.54. The van der Waals surface area contributed by atoms with E-state index in [9.17, 15) is 19.5 Å². The maximum absolute atomic E-state index is 14.2. The number of thiophene rings is 1. The summed E-state index contributed by atoms with van der Waals surface area (Å²) in [4.78, 5) is 50.0. The van der Waals surface area contributed by atoms with Crippen LogP contribution in [-0.4, -0.2) is 62.7 Å². The van der Waals surface area contributed by atoms with Gasteiger partial charge in [-0.25, -0.2) is 4.79 Å². The molecular weight excluding hydrogens is 540 g/mol. The molecule has 2 aliphatic rings. The maximum Gasteiger partial charge on any atom is 0.343 e. The molecule has 0 bridgehead atoms. The van der Waals surface area contributed by atoms with Crippen molar-refractivity contribution in [2.24, 2.45) is 0 Å². The highest BCUT2D eigenvalue weighted by Crippen LogP contribution is 2.34. The van der Waals surface area contributed by atoms with E-state index in [1.165, 1.54) is 9.96 Å². The van der Waals surface area contributed by atoms with E-state index in [0.29, 0.717) is 6.54 Å². The van der Waals surface area contributed by atoms with Gasteiger partial charge in [-0.1, -0.05) is 60.7 Å². The number of piperazine rings is 1. The zero-order valence-corrected chi connectivity index (χ0v) is 23.3. The zero-order chi connectivity index (χ0) is 28.5. The summed E-state index contributed by atoms with van der Waals surface area (Å²) in [5.41, 5.74) is 2.72. The van der Waals surface area contributed by atoms with Gasteiger partial charge in [0.1, 0.15) is 11.8 Å². The number of amides is 4. The van der Waals surface area contributed by atoms with E-state index < -0.39 is 24.3 Å². The number of hydrogen-bond acceptors (Lipinski definition) is 6. The van der Waals surface area contributed by atoms with Crippen molar-refractivity contribution < 1.29 is 24.3 Å². The number of phenolic OH excluding ortho intramolecular Hbond substituents is 1. The molecule has 10 heteroatoms. The van der Waals surface area contributed by atoms with Crippen molar-refractivity contribution in [3.63, 3.8) is 0 Å². The van der Waals surface area contributed by atoms with E-state index in [0.717, 1.165) is 26.8 Å². The lowest BCUT2D eigenvalue weighted by atomic mass is 9.95. The molecule has 2 fully saturated rings. The van der Waals surface area contributed by atoms with Gasteiger partial charge in [0.25, 0.3) is 5.91 Å². The number of phenols is 1. The number of hydroxylamine groups is 2. The standard InChI is InChI=1S/C31H30N4O5S/c1-20-29-34(28(37)18-40-35(29)31(39)32-16-22-7-3-2-4-8-22)26(15-21-11-13-24(36)14-12-21)30(38)33(20)17-23-19-41-27-10-6-5-9-25(23)27/h2-14,19-20,26,29,36H,15-18H2,1H3,(H,32,39)/t20-,26-,29-/m0/s1. The first-order chi connectivity index (χ1) is 19.9. The normalized spacial score (nSPS) is 20.8. The molecule has 0 saturated carbocycles. The highest BCUT2D eigenvalue weighted by atomic mass is 32.1. The van der Waals surface area contributed by atoms with Gasteiger partial charge in [0.2, 0.25) is 5.91 Å². The summed E-state index contributed by atoms with van der Waals surface area (Å²) < 4.78 is 1.12. The number of fused-ring (bicyclic) bond motifs is 2. The average molecular weight is 571 g/mol. The number of rotatable bonds is 6. The Morgan fingerprint density at radius 1 is 1.00 bits per heavy atom. The fourth-order valence-electron chi connectivity index (χ4n) is 5.63. The van der Waals surface area contributed by atoms with Crippen LogP contribution in [0.2, 0.25) is 0 Å².